The average Bonchev–Trinajstić information content (AvgIpc) is 3.23. The van der Waals surface area contributed by atoms with Crippen molar-refractivity contribution >= 4 is 35.0 Å². The molecule has 3 aromatic carbocycles. The Kier molecular flexibility index (Phi) is 7.18. The molecule has 0 atom stereocenters. The zero-order valence-corrected chi connectivity index (χ0v) is 20.3. The number of amides is 1. The highest BCUT2D eigenvalue weighted by molar-refractivity contribution is 7.99. The van der Waals surface area contributed by atoms with Crippen LogP contribution in [0.1, 0.15) is 16.7 Å². The van der Waals surface area contributed by atoms with E-state index in [1.807, 2.05) is 66.9 Å². The van der Waals surface area contributed by atoms with Gasteiger partial charge in [0.05, 0.1) is 17.0 Å². The van der Waals surface area contributed by atoms with Gasteiger partial charge in [0, 0.05) is 16.3 Å². The summed E-state index contributed by atoms with van der Waals surface area (Å²) in [5.74, 6) is -0.187. The van der Waals surface area contributed by atoms with Gasteiger partial charge in [-0.3, -0.25) is 9.36 Å². The molecule has 0 fully saturated rings. The van der Waals surface area contributed by atoms with E-state index in [-0.39, 0.29) is 16.5 Å². The normalized spacial score (nSPS) is 11.5. The first kappa shape index (κ1) is 24.8. The summed E-state index contributed by atoms with van der Waals surface area (Å²) in [6.45, 7) is 3.95. The van der Waals surface area contributed by atoms with E-state index < -0.39 is 17.6 Å². The van der Waals surface area contributed by atoms with Crippen molar-refractivity contribution in [1.82, 2.24) is 14.8 Å². The van der Waals surface area contributed by atoms with E-state index in [9.17, 15) is 18.0 Å². The monoisotopic (exact) mass is 516 g/mol. The van der Waals surface area contributed by atoms with E-state index in [0.717, 1.165) is 46.3 Å². The summed E-state index contributed by atoms with van der Waals surface area (Å²) in [7, 11) is 0. The lowest BCUT2D eigenvalue weighted by atomic mass is 10.1. The molecular formula is C25H20ClF3N4OS. The lowest BCUT2D eigenvalue weighted by molar-refractivity contribution is -0.137. The second kappa shape index (κ2) is 10.1. The number of carbonyl (C=O) groups excluding carboxylic acids is 1. The Labute approximate surface area is 209 Å². The van der Waals surface area contributed by atoms with Crippen molar-refractivity contribution in [3.05, 3.63) is 88.4 Å². The van der Waals surface area contributed by atoms with Gasteiger partial charge in [-0.1, -0.05) is 64.8 Å². The summed E-state index contributed by atoms with van der Waals surface area (Å²) in [5.41, 5.74) is 2.43. The van der Waals surface area contributed by atoms with Crippen molar-refractivity contribution in [2.75, 3.05) is 11.1 Å². The minimum atomic E-state index is -4.66. The minimum Gasteiger partial charge on any atom is -0.325 e. The quantitative estimate of drug-likeness (QED) is 0.282. The molecule has 0 spiro atoms. The van der Waals surface area contributed by atoms with Gasteiger partial charge in [-0.05, 0) is 50.2 Å². The number of nitrogens with zero attached hydrogens (tertiary/aromatic N) is 3. The molecule has 4 rings (SSSR count). The van der Waals surface area contributed by atoms with Crippen LogP contribution in [0.4, 0.5) is 18.9 Å². The first-order valence-electron chi connectivity index (χ1n) is 10.5. The molecule has 0 saturated heterocycles. The third-order valence-electron chi connectivity index (χ3n) is 5.10. The summed E-state index contributed by atoms with van der Waals surface area (Å²) in [6, 6.07) is 18.8. The Balaban J connectivity index is 1.61. The van der Waals surface area contributed by atoms with Crippen molar-refractivity contribution in [3.8, 4) is 17.1 Å². The molecule has 0 unspecified atom stereocenters. The zero-order valence-electron chi connectivity index (χ0n) is 18.7. The van der Waals surface area contributed by atoms with Crippen LogP contribution in [0, 0.1) is 13.8 Å². The van der Waals surface area contributed by atoms with Crippen molar-refractivity contribution in [1.29, 1.82) is 0 Å². The van der Waals surface area contributed by atoms with Gasteiger partial charge in [-0.15, -0.1) is 10.2 Å². The molecule has 0 saturated carbocycles. The largest absolute Gasteiger partial charge is 0.418 e. The number of hydrogen-bond acceptors (Lipinski definition) is 4. The van der Waals surface area contributed by atoms with Crippen molar-refractivity contribution < 1.29 is 18.0 Å². The van der Waals surface area contributed by atoms with Crippen LogP contribution >= 0.6 is 23.4 Å². The molecule has 1 amide bonds. The van der Waals surface area contributed by atoms with Crippen molar-refractivity contribution in [3.63, 3.8) is 0 Å². The highest BCUT2D eigenvalue weighted by Gasteiger charge is 2.34. The van der Waals surface area contributed by atoms with Gasteiger partial charge >= 0.3 is 6.18 Å². The fourth-order valence-corrected chi connectivity index (χ4v) is 4.36. The lowest BCUT2D eigenvalue weighted by Gasteiger charge is -2.14. The summed E-state index contributed by atoms with van der Waals surface area (Å²) < 4.78 is 41.9. The predicted molar refractivity (Wildman–Crippen MR) is 132 cm³/mol. The average molecular weight is 517 g/mol. The molecule has 180 valence electrons. The number of thioether (sulfide) groups is 1. The Hall–Kier alpha value is -3.30. The minimum absolute atomic E-state index is 0.0698. The summed E-state index contributed by atoms with van der Waals surface area (Å²) in [5, 5.41) is 11.3. The predicted octanol–water partition coefficient (Wildman–Crippen LogP) is 6.95. The van der Waals surface area contributed by atoms with Gasteiger partial charge in [0.25, 0.3) is 0 Å². The van der Waals surface area contributed by atoms with Crippen LogP contribution in [-0.2, 0) is 11.0 Å². The third-order valence-corrected chi connectivity index (χ3v) is 6.26. The molecule has 0 bridgehead atoms. The smallest absolute Gasteiger partial charge is 0.325 e. The van der Waals surface area contributed by atoms with E-state index in [4.69, 9.17) is 11.6 Å². The molecule has 0 aliphatic rings. The standard InChI is InChI=1S/C25H20ClF3N4OS/c1-15-6-9-19(10-7-15)33-23(17-5-3-4-16(2)12-17)31-32-24(33)35-14-22(34)30-21-11-8-18(26)13-20(21)25(27,28)29/h3-13H,14H2,1-2H3,(H,30,34). The maximum absolute atomic E-state index is 13.4. The molecule has 4 aromatic rings. The van der Waals surface area contributed by atoms with E-state index in [1.165, 1.54) is 6.07 Å². The fourth-order valence-electron chi connectivity index (χ4n) is 3.44. The first-order valence-corrected chi connectivity index (χ1v) is 11.9. The Bertz CT molecular complexity index is 1370. The second-order valence-corrected chi connectivity index (χ2v) is 9.25. The number of alkyl halides is 3. The number of halogens is 4. The zero-order chi connectivity index (χ0) is 25.2. The Morgan fingerprint density at radius 1 is 1.00 bits per heavy atom. The van der Waals surface area contributed by atoms with Crippen molar-refractivity contribution in [2.45, 2.75) is 25.2 Å². The lowest BCUT2D eigenvalue weighted by Crippen LogP contribution is -2.18. The topological polar surface area (TPSA) is 59.8 Å². The fraction of sp³-hybridized carbons (Fsp3) is 0.160. The third kappa shape index (κ3) is 5.86. The highest BCUT2D eigenvalue weighted by Crippen LogP contribution is 2.37. The SMILES string of the molecule is Cc1ccc(-n2c(SCC(=O)Nc3ccc(Cl)cc3C(F)(F)F)nnc2-c2cccc(C)c2)cc1. The van der Waals surface area contributed by atoms with Crippen LogP contribution in [-0.4, -0.2) is 26.4 Å². The number of carbonyl (C=O) groups is 1. The molecule has 5 nitrogen and oxygen atoms in total. The molecule has 0 aliphatic heterocycles. The molecule has 35 heavy (non-hydrogen) atoms. The number of anilines is 1. The van der Waals surface area contributed by atoms with E-state index >= 15 is 0 Å². The van der Waals surface area contributed by atoms with Gasteiger partial charge in [0.1, 0.15) is 0 Å². The first-order chi connectivity index (χ1) is 16.6. The molecule has 0 radical (unpaired) electrons. The summed E-state index contributed by atoms with van der Waals surface area (Å²) in [4.78, 5) is 12.6. The van der Waals surface area contributed by atoms with E-state index in [1.54, 1.807) is 0 Å². The van der Waals surface area contributed by atoms with Crippen LogP contribution in [0.3, 0.4) is 0 Å². The van der Waals surface area contributed by atoms with E-state index in [0.29, 0.717) is 11.0 Å². The van der Waals surface area contributed by atoms with Crippen LogP contribution in [0.5, 0.6) is 0 Å². The number of nitrogens with one attached hydrogen (secondary N) is 1. The second-order valence-electron chi connectivity index (χ2n) is 7.87. The van der Waals surface area contributed by atoms with E-state index in [2.05, 4.69) is 15.5 Å². The Morgan fingerprint density at radius 3 is 2.43 bits per heavy atom. The van der Waals surface area contributed by atoms with Crippen LogP contribution in [0.2, 0.25) is 5.02 Å². The number of hydrogen-bond donors (Lipinski definition) is 1. The van der Waals surface area contributed by atoms with Crippen LogP contribution in [0.15, 0.2) is 71.9 Å². The number of rotatable bonds is 6. The summed E-state index contributed by atoms with van der Waals surface area (Å²) >= 11 is 6.79. The molecular weight excluding hydrogens is 497 g/mol. The van der Waals surface area contributed by atoms with Gasteiger partial charge in [-0.25, -0.2) is 0 Å². The van der Waals surface area contributed by atoms with Crippen molar-refractivity contribution in [2.24, 2.45) is 0 Å². The number of aryl methyl sites for hydroxylation is 2. The Morgan fingerprint density at radius 2 is 1.74 bits per heavy atom. The maximum atomic E-state index is 13.4. The van der Waals surface area contributed by atoms with Gasteiger partial charge in [0.2, 0.25) is 5.91 Å². The highest BCUT2D eigenvalue weighted by atomic mass is 35.5. The molecule has 1 aromatic heterocycles. The molecule has 1 heterocycles. The van der Waals surface area contributed by atoms with Crippen LogP contribution < -0.4 is 5.32 Å². The molecule has 0 aliphatic carbocycles. The maximum Gasteiger partial charge on any atom is 0.418 e. The van der Waals surface area contributed by atoms with Gasteiger partial charge in [-0.2, -0.15) is 13.2 Å². The van der Waals surface area contributed by atoms with Gasteiger partial charge < -0.3 is 5.32 Å². The number of aromatic nitrogens is 3. The summed E-state index contributed by atoms with van der Waals surface area (Å²) in [6.07, 6.45) is -4.66. The number of benzene rings is 3. The molecule has 10 heteroatoms. The molecule has 1 N–H and O–H groups in total. The van der Waals surface area contributed by atoms with Crippen LogP contribution in [0.25, 0.3) is 17.1 Å². The van der Waals surface area contributed by atoms with Gasteiger partial charge in [0.15, 0.2) is 11.0 Å².